The number of hydrogen-bond acceptors (Lipinski definition) is 3. The van der Waals surface area contributed by atoms with Gasteiger partial charge in [-0.3, -0.25) is 6.66 Å². The SMILES string of the molecule is [CH2-]P(=NP(=O)(Oc1ccccc1)Oc1ccccc1)(c1ccccc1)c1ccccc1. The van der Waals surface area contributed by atoms with Gasteiger partial charge in [-0.25, -0.2) is 4.57 Å². The van der Waals surface area contributed by atoms with Crippen molar-refractivity contribution in [3.8, 4) is 11.5 Å². The highest BCUT2D eigenvalue weighted by molar-refractivity contribution is 7.85. The summed E-state index contributed by atoms with van der Waals surface area (Å²) in [7, 11) is -6.71. The Balaban J connectivity index is 1.89. The van der Waals surface area contributed by atoms with Gasteiger partial charge in [0, 0.05) is 0 Å². The Hall–Kier alpha value is -3.06. The van der Waals surface area contributed by atoms with E-state index in [2.05, 4.69) is 6.66 Å². The van der Waals surface area contributed by atoms with E-state index in [1.54, 1.807) is 24.3 Å². The highest BCUT2D eigenvalue weighted by Crippen LogP contribution is 2.60. The molecule has 0 aliphatic heterocycles. The molecule has 0 saturated carbocycles. The lowest BCUT2D eigenvalue weighted by Crippen LogP contribution is -2.14. The maximum atomic E-state index is 14.1. The molecule has 0 N–H and O–H groups in total. The molecule has 0 aliphatic rings. The molecule has 0 bridgehead atoms. The molecule has 6 heteroatoms. The van der Waals surface area contributed by atoms with Crippen LogP contribution in [0.1, 0.15) is 0 Å². The second-order valence-corrected chi connectivity index (χ2v) is 11.4. The Morgan fingerprint density at radius 1 is 0.548 bits per heavy atom. The molecule has 4 nitrogen and oxygen atoms in total. The fraction of sp³-hybridized carbons (Fsp3) is 0. The summed E-state index contributed by atoms with van der Waals surface area (Å²) in [6.07, 6.45) is 0. The maximum absolute atomic E-state index is 14.1. The summed E-state index contributed by atoms with van der Waals surface area (Å²) in [4.78, 5) is 0. The molecular weight excluding hydrogens is 424 g/mol. The van der Waals surface area contributed by atoms with Gasteiger partial charge in [0.15, 0.2) is 0 Å². The van der Waals surface area contributed by atoms with Crippen LogP contribution in [0.3, 0.4) is 0 Å². The second-order valence-electron chi connectivity index (χ2n) is 6.81. The molecule has 156 valence electrons. The summed E-state index contributed by atoms with van der Waals surface area (Å²) < 4.78 is 30.7. The number of hydrogen-bond donors (Lipinski definition) is 0. The Labute approximate surface area is 183 Å². The first-order chi connectivity index (χ1) is 15.1. The van der Waals surface area contributed by atoms with Crippen molar-refractivity contribution in [1.29, 1.82) is 0 Å². The molecule has 0 amide bonds. The quantitative estimate of drug-likeness (QED) is 0.229. The number of nitrogens with zero attached hydrogens (tertiary/aromatic N) is 1. The van der Waals surface area contributed by atoms with Crippen molar-refractivity contribution in [2.45, 2.75) is 0 Å². The summed E-state index contributed by atoms with van der Waals surface area (Å²) in [5.74, 6) is 0.830. The molecule has 4 rings (SSSR count). The van der Waals surface area contributed by atoms with Gasteiger partial charge in [0.2, 0.25) is 0 Å². The van der Waals surface area contributed by atoms with Crippen LogP contribution in [-0.2, 0) is 4.57 Å². The molecule has 0 fully saturated rings. The smallest absolute Gasteiger partial charge is 0.399 e. The number of para-hydroxylation sites is 2. The number of benzene rings is 4. The lowest BCUT2D eigenvalue weighted by Gasteiger charge is -2.30. The van der Waals surface area contributed by atoms with Gasteiger partial charge in [-0.1, -0.05) is 104 Å². The molecule has 0 aliphatic carbocycles. The van der Waals surface area contributed by atoms with E-state index in [4.69, 9.17) is 13.6 Å². The van der Waals surface area contributed by atoms with Gasteiger partial charge in [-0.15, -0.1) is 0 Å². The normalized spacial score (nSPS) is 11.5. The van der Waals surface area contributed by atoms with Crippen LogP contribution in [-0.4, -0.2) is 0 Å². The van der Waals surface area contributed by atoms with Crippen molar-refractivity contribution in [2.75, 3.05) is 0 Å². The third kappa shape index (κ3) is 5.17. The molecule has 0 radical (unpaired) electrons. The third-order valence-corrected chi connectivity index (χ3v) is 9.84. The van der Waals surface area contributed by atoms with E-state index >= 15 is 0 Å². The van der Waals surface area contributed by atoms with Crippen LogP contribution in [0, 0.1) is 6.66 Å². The summed E-state index contributed by atoms with van der Waals surface area (Å²) in [6.45, 7) is 4.49. The molecule has 0 heterocycles. The van der Waals surface area contributed by atoms with Gasteiger partial charge in [0.1, 0.15) is 11.5 Å². The maximum Gasteiger partial charge on any atom is 0.560 e. The Morgan fingerprint density at radius 3 is 1.23 bits per heavy atom. The van der Waals surface area contributed by atoms with Gasteiger partial charge in [-0.05, 0) is 34.9 Å². The van der Waals surface area contributed by atoms with Crippen LogP contribution in [0.25, 0.3) is 0 Å². The van der Waals surface area contributed by atoms with Gasteiger partial charge >= 0.3 is 7.75 Å². The predicted octanol–water partition coefficient (Wildman–Crippen LogP) is 6.90. The summed E-state index contributed by atoms with van der Waals surface area (Å²) in [5.41, 5.74) is 0. The molecule has 0 atom stereocenters. The summed E-state index contributed by atoms with van der Waals surface area (Å²) in [6, 6.07) is 37.2. The van der Waals surface area contributed by atoms with Crippen molar-refractivity contribution >= 4 is 25.4 Å². The van der Waals surface area contributed by atoms with E-state index in [-0.39, 0.29) is 0 Å². The minimum absolute atomic E-state index is 0.415. The largest absolute Gasteiger partial charge is 0.560 e. The molecular formula is C25H22NO3P2-. The van der Waals surface area contributed by atoms with Crippen LogP contribution in [0.15, 0.2) is 126 Å². The van der Waals surface area contributed by atoms with Gasteiger partial charge in [0.05, 0.1) is 0 Å². The minimum atomic E-state index is -4.00. The van der Waals surface area contributed by atoms with Crippen LogP contribution >= 0.6 is 14.8 Å². The van der Waals surface area contributed by atoms with E-state index in [0.29, 0.717) is 11.5 Å². The van der Waals surface area contributed by atoms with E-state index in [1.807, 2.05) is 97.1 Å². The van der Waals surface area contributed by atoms with Gasteiger partial charge < -0.3 is 9.05 Å². The zero-order chi connectivity index (χ0) is 21.6. The van der Waals surface area contributed by atoms with Crippen LogP contribution in [0.5, 0.6) is 11.5 Å². The Kier molecular flexibility index (Phi) is 6.42. The average Bonchev–Trinajstić information content (AvgIpc) is 2.81. The zero-order valence-electron chi connectivity index (χ0n) is 16.8. The summed E-state index contributed by atoms with van der Waals surface area (Å²) >= 11 is 0. The lowest BCUT2D eigenvalue weighted by atomic mass is 10.3. The molecule has 0 unspecified atom stereocenters. The van der Waals surface area contributed by atoms with E-state index in [1.165, 1.54) is 0 Å². The number of rotatable bonds is 7. The van der Waals surface area contributed by atoms with Crippen molar-refractivity contribution in [3.05, 3.63) is 128 Å². The predicted molar refractivity (Wildman–Crippen MR) is 129 cm³/mol. The lowest BCUT2D eigenvalue weighted by molar-refractivity contribution is 0.388. The first-order valence-electron chi connectivity index (χ1n) is 9.76. The van der Waals surface area contributed by atoms with Gasteiger partial charge in [0.25, 0.3) is 0 Å². The van der Waals surface area contributed by atoms with Gasteiger partial charge in [-0.2, -0.15) is 4.52 Å². The van der Waals surface area contributed by atoms with E-state index in [0.717, 1.165) is 10.6 Å². The van der Waals surface area contributed by atoms with Crippen LogP contribution in [0.4, 0.5) is 0 Å². The van der Waals surface area contributed by atoms with Crippen molar-refractivity contribution < 1.29 is 13.6 Å². The zero-order valence-corrected chi connectivity index (χ0v) is 18.6. The fourth-order valence-corrected chi connectivity index (χ4v) is 8.13. The molecule has 0 spiro atoms. The standard InChI is InChI=1S/C25H22NO3P2/c1-30(24-18-10-4-11-19-24,25-20-12-5-13-21-25)26-31(27,28-22-14-6-2-7-15-22)29-23-16-8-3-9-17-23/h2-21H,1H2/q-1. The molecule has 31 heavy (non-hydrogen) atoms. The Bertz CT molecular complexity index is 1130. The van der Waals surface area contributed by atoms with E-state index < -0.39 is 14.8 Å². The summed E-state index contributed by atoms with van der Waals surface area (Å²) in [5, 5.41) is 1.77. The molecule has 0 aromatic heterocycles. The van der Waals surface area contributed by atoms with Crippen molar-refractivity contribution in [1.82, 2.24) is 0 Å². The van der Waals surface area contributed by atoms with Crippen LogP contribution in [0.2, 0.25) is 0 Å². The first kappa shape index (κ1) is 21.2. The fourth-order valence-electron chi connectivity index (χ4n) is 3.07. The Morgan fingerprint density at radius 2 is 0.871 bits per heavy atom. The van der Waals surface area contributed by atoms with Crippen molar-refractivity contribution in [3.63, 3.8) is 0 Å². The first-order valence-corrected chi connectivity index (χ1v) is 13.2. The topological polar surface area (TPSA) is 47.9 Å². The highest BCUT2D eigenvalue weighted by Gasteiger charge is 2.30. The van der Waals surface area contributed by atoms with Crippen LogP contribution < -0.4 is 19.7 Å². The second kappa shape index (κ2) is 9.39. The third-order valence-electron chi connectivity index (χ3n) is 4.56. The molecule has 4 aromatic rings. The minimum Gasteiger partial charge on any atom is -0.399 e. The molecule has 4 aromatic carbocycles. The van der Waals surface area contributed by atoms with E-state index in [9.17, 15) is 4.57 Å². The average molecular weight is 446 g/mol. The monoisotopic (exact) mass is 446 g/mol. The highest BCUT2D eigenvalue weighted by atomic mass is 31.2. The van der Waals surface area contributed by atoms with Crippen molar-refractivity contribution in [2.24, 2.45) is 4.52 Å². The molecule has 0 saturated heterocycles.